The first-order valence-corrected chi connectivity index (χ1v) is 6.49. The van der Waals surface area contributed by atoms with Gasteiger partial charge in [-0.2, -0.15) is 0 Å². The fraction of sp³-hybridized carbons (Fsp3) is 0.333. The van der Waals surface area contributed by atoms with Crippen LogP contribution < -0.4 is 10.6 Å². The molecule has 0 aliphatic rings. The Balaban J connectivity index is 1.96. The zero-order chi connectivity index (χ0) is 13.7. The molecule has 100 valence electrons. The maximum atomic E-state index is 4.27. The summed E-state index contributed by atoms with van der Waals surface area (Å²) >= 11 is 0. The van der Waals surface area contributed by atoms with E-state index in [4.69, 9.17) is 0 Å². The molecule has 0 atom stereocenters. The number of anilines is 2. The van der Waals surface area contributed by atoms with Crippen molar-refractivity contribution in [3.05, 3.63) is 47.3 Å². The predicted molar refractivity (Wildman–Crippen MR) is 79.7 cm³/mol. The third kappa shape index (κ3) is 3.44. The molecule has 0 saturated carbocycles. The van der Waals surface area contributed by atoms with Crippen molar-refractivity contribution in [2.75, 3.05) is 24.2 Å². The zero-order valence-corrected chi connectivity index (χ0v) is 11.7. The van der Waals surface area contributed by atoms with Crippen molar-refractivity contribution in [3.63, 3.8) is 0 Å². The largest absolute Gasteiger partial charge is 0.373 e. The van der Waals surface area contributed by atoms with E-state index in [1.165, 1.54) is 11.1 Å². The Morgan fingerprint density at radius 3 is 2.63 bits per heavy atom. The second-order valence-electron chi connectivity index (χ2n) is 4.61. The van der Waals surface area contributed by atoms with E-state index in [0.29, 0.717) is 0 Å². The molecule has 0 unspecified atom stereocenters. The van der Waals surface area contributed by atoms with Crippen molar-refractivity contribution < 1.29 is 0 Å². The van der Waals surface area contributed by atoms with Crippen LogP contribution in [0.5, 0.6) is 0 Å². The van der Waals surface area contributed by atoms with Gasteiger partial charge in [0.05, 0.1) is 0 Å². The van der Waals surface area contributed by atoms with Gasteiger partial charge in [0.25, 0.3) is 0 Å². The van der Waals surface area contributed by atoms with Crippen molar-refractivity contribution in [1.29, 1.82) is 0 Å². The van der Waals surface area contributed by atoms with Crippen LogP contribution in [-0.4, -0.2) is 23.6 Å². The van der Waals surface area contributed by atoms with Crippen LogP contribution >= 0.6 is 0 Å². The summed E-state index contributed by atoms with van der Waals surface area (Å²) in [7, 11) is 1.87. The van der Waals surface area contributed by atoms with Crippen molar-refractivity contribution in [2.24, 2.45) is 0 Å². The van der Waals surface area contributed by atoms with Gasteiger partial charge in [-0.25, -0.2) is 9.97 Å². The number of aromatic nitrogens is 2. The molecule has 1 aromatic heterocycles. The van der Waals surface area contributed by atoms with Crippen LogP contribution in [0.1, 0.15) is 16.7 Å². The molecule has 0 amide bonds. The molecule has 2 N–H and O–H groups in total. The number of nitrogens with one attached hydrogen (secondary N) is 2. The van der Waals surface area contributed by atoms with Crippen LogP contribution in [0.15, 0.2) is 30.6 Å². The smallest absolute Gasteiger partial charge is 0.134 e. The Bertz CT molecular complexity index is 552. The van der Waals surface area contributed by atoms with Gasteiger partial charge in [0, 0.05) is 19.2 Å². The highest BCUT2D eigenvalue weighted by atomic mass is 15.1. The fourth-order valence-electron chi connectivity index (χ4n) is 2.07. The zero-order valence-electron chi connectivity index (χ0n) is 11.7. The first-order chi connectivity index (χ1) is 9.20. The summed E-state index contributed by atoms with van der Waals surface area (Å²) in [5.74, 6) is 1.76. The lowest BCUT2D eigenvalue weighted by Gasteiger charge is -2.11. The van der Waals surface area contributed by atoms with E-state index in [1.807, 2.05) is 14.0 Å². The molecule has 0 bridgehead atoms. The summed E-state index contributed by atoms with van der Waals surface area (Å²) in [4.78, 5) is 8.45. The molecule has 4 heteroatoms. The molecule has 4 nitrogen and oxygen atoms in total. The lowest BCUT2D eigenvalue weighted by atomic mass is 10.1. The average molecular weight is 256 g/mol. The maximum Gasteiger partial charge on any atom is 0.134 e. The minimum absolute atomic E-state index is 0.866. The third-order valence-corrected chi connectivity index (χ3v) is 3.11. The Hall–Kier alpha value is -2.10. The number of rotatable bonds is 5. The molecule has 0 spiro atoms. The Morgan fingerprint density at radius 2 is 1.89 bits per heavy atom. The minimum atomic E-state index is 0.866. The Morgan fingerprint density at radius 1 is 1.11 bits per heavy atom. The molecule has 1 heterocycles. The number of hydrogen-bond acceptors (Lipinski definition) is 4. The molecule has 19 heavy (non-hydrogen) atoms. The highest BCUT2D eigenvalue weighted by molar-refractivity contribution is 5.56. The average Bonchev–Trinajstić information content (AvgIpc) is 2.41. The van der Waals surface area contributed by atoms with Crippen molar-refractivity contribution >= 4 is 11.6 Å². The van der Waals surface area contributed by atoms with Gasteiger partial charge in [0.15, 0.2) is 0 Å². The van der Waals surface area contributed by atoms with Crippen LogP contribution in [0.4, 0.5) is 11.6 Å². The highest BCUT2D eigenvalue weighted by Crippen LogP contribution is 2.17. The van der Waals surface area contributed by atoms with E-state index in [2.05, 4.69) is 51.8 Å². The van der Waals surface area contributed by atoms with Gasteiger partial charge in [0.2, 0.25) is 0 Å². The Kier molecular flexibility index (Phi) is 4.34. The van der Waals surface area contributed by atoms with Crippen LogP contribution in [0.25, 0.3) is 0 Å². The summed E-state index contributed by atoms with van der Waals surface area (Å²) < 4.78 is 0. The van der Waals surface area contributed by atoms with Gasteiger partial charge in [-0.15, -0.1) is 0 Å². The van der Waals surface area contributed by atoms with Crippen LogP contribution in [0.3, 0.4) is 0 Å². The molecule has 0 aliphatic carbocycles. The molecule has 0 radical (unpaired) electrons. The van der Waals surface area contributed by atoms with Crippen LogP contribution in [0.2, 0.25) is 0 Å². The summed E-state index contributed by atoms with van der Waals surface area (Å²) in [5, 5.41) is 6.42. The molecular formula is C15H20N4. The number of benzene rings is 1. The molecule has 2 rings (SSSR count). The molecule has 1 aromatic carbocycles. The topological polar surface area (TPSA) is 49.8 Å². The molecule has 0 fully saturated rings. The molecule has 2 aromatic rings. The van der Waals surface area contributed by atoms with Gasteiger partial charge in [-0.3, -0.25) is 0 Å². The van der Waals surface area contributed by atoms with Gasteiger partial charge < -0.3 is 10.6 Å². The molecule has 0 aliphatic heterocycles. The molecular weight excluding hydrogens is 236 g/mol. The van der Waals surface area contributed by atoms with Crippen molar-refractivity contribution in [1.82, 2.24) is 9.97 Å². The van der Waals surface area contributed by atoms with E-state index in [0.717, 1.165) is 30.2 Å². The molecule has 0 saturated heterocycles. The van der Waals surface area contributed by atoms with Gasteiger partial charge in [-0.05, 0) is 25.8 Å². The summed E-state index contributed by atoms with van der Waals surface area (Å²) in [6.07, 6.45) is 2.56. The first kappa shape index (κ1) is 13.3. The van der Waals surface area contributed by atoms with Crippen LogP contribution in [-0.2, 0) is 6.42 Å². The van der Waals surface area contributed by atoms with Gasteiger partial charge in [-0.1, -0.05) is 29.8 Å². The van der Waals surface area contributed by atoms with Gasteiger partial charge in [0.1, 0.15) is 18.0 Å². The quantitative estimate of drug-likeness (QED) is 0.863. The second kappa shape index (κ2) is 6.18. The van der Waals surface area contributed by atoms with Gasteiger partial charge >= 0.3 is 0 Å². The van der Waals surface area contributed by atoms with E-state index in [1.54, 1.807) is 6.33 Å². The number of nitrogens with zero attached hydrogens (tertiary/aromatic N) is 2. The number of hydrogen-bond donors (Lipinski definition) is 2. The van der Waals surface area contributed by atoms with E-state index >= 15 is 0 Å². The number of aryl methyl sites for hydroxylation is 1. The third-order valence-electron chi connectivity index (χ3n) is 3.11. The standard InChI is InChI=1S/C15H20N4/c1-11-5-4-6-13(9-11)7-8-17-15-12(2)14(16-3)18-10-19-15/h4-6,9-10H,7-8H2,1-3H3,(H2,16,17,18,19). The summed E-state index contributed by atoms with van der Waals surface area (Å²) in [6.45, 7) is 5.00. The second-order valence-corrected chi connectivity index (χ2v) is 4.61. The maximum absolute atomic E-state index is 4.27. The monoisotopic (exact) mass is 256 g/mol. The summed E-state index contributed by atoms with van der Waals surface area (Å²) in [6, 6.07) is 8.58. The van der Waals surface area contributed by atoms with Crippen molar-refractivity contribution in [2.45, 2.75) is 20.3 Å². The first-order valence-electron chi connectivity index (χ1n) is 6.49. The van der Waals surface area contributed by atoms with Crippen molar-refractivity contribution in [3.8, 4) is 0 Å². The predicted octanol–water partition coefficient (Wildman–Crippen LogP) is 2.79. The van der Waals surface area contributed by atoms with E-state index in [-0.39, 0.29) is 0 Å². The van der Waals surface area contributed by atoms with Crippen LogP contribution in [0, 0.1) is 13.8 Å². The lowest BCUT2D eigenvalue weighted by Crippen LogP contribution is -2.09. The highest BCUT2D eigenvalue weighted by Gasteiger charge is 2.04. The fourth-order valence-corrected chi connectivity index (χ4v) is 2.07. The normalized spacial score (nSPS) is 10.3. The SMILES string of the molecule is CNc1ncnc(NCCc2cccc(C)c2)c1C. The summed E-state index contributed by atoms with van der Waals surface area (Å²) in [5.41, 5.74) is 3.69. The lowest BCUT2D eigenvalue weighted by molar-refractivity contribution is 0.989. The minimum Gasteiger partial charge on any atom is -0.373 e. The van der Waals surface area contributed by atoms with E-state index in [9.17, 15) is 0 Å². The Labute approximate surface area is 114 Å². The van der Waals surface area contributed by atoms with E-state index < -0.39 is 0 Å².